The Morgan fingerprint density at radius 1 is 1.31 bits per heavy atom. The van der Waals surface area contributed by atoms with Gasteiger partial charge in [-0.25, -0.2) is 0 Å². The summed E-state index contributed by atoms with van der Waals surface area (Å²) in [7, 11) is 0. The maximum atomic E-state index is 6.28. The van der Waals surface area contributed by atoms with Gasteiger partial charge in [-0.05, 0) is 46.8 Å². The third-order valence-electron chi connectivity index (χ3n) is 2.22. The number of aryl methyl sites for hydroxylation is 2. The smallest absolute Gasteiger partial charge is 0.0857 e. The third kappa shape index (κ3) is 2.41. The number of hydrogen-bond donors (Lipinski definition) is 0. The quantitative estimate of drug-likeness (QED) is 0.517. The molecular weight excluding hydrogens is 392 g/mol. The van der Waals surface area contributed by atoms with E-state index in [0.717, 1.165) is 15.1 Å². The summed E-state index contributed by atoms with van der Waals surface area (Å²) in [6.07, 6.45) is 0. The van der Waals surface area contributed by atoms with Crippen molar-refractivity contribution < 1.29 is 0 Å². The molecule has 5 heteroatoms. The molecule has 0 aliphatic carbocycles. The molecule has 1 unspecified atom stereocenters. The summed E-state index contributed by atoms with van der Waals surface area (Å²) in [4.78, 5) is 3.95. The summed E-state index contributed by atoms with van der Waals surface area (Å²) in [6, 6.07) is 2.14. The fraction of sp³-hybridized carbons (Fsp3) is 0.273. The Morgan fingerprint density at radius 3 is 2.44 bits per heavy atom. The van der Waals surface area contributed by atoms with Gasteiger partial charge in [-0.3, -0.25) is 0 Å². The van der Waals surface area contributed by atoms with Crippen LogP contribution < -0.4 is 0 Å². The molecule has 2 heterocycles. The highest BCUT2D eigenvalue weighted by Gasteiger charge is 2.21. The van der Waals surface area contributed by atoms with Crippen LogP contribution >= 0.6 is 66.1 Å². The summed E-state index contributed by atoms with van der Waals surface area (Å²) in [5, 5.41) is 2.98. The molecular formula is C11H9Br2ClS2. The lowest BCUT2D eigenvalue weighted by molar-refractivity contribution is 1.26. The van der Waals surface area contributed by atoms with Crippen molar-refractivity contribution in [2.75, 3.05) is 0 Å². The summed E-state index contributed by atoms with van der Waals surface area (Å²) in [5.74, 6) is 0. The minimum atomic E-state index is 0.187. The first-order chi connectivity index (χ1) is 7.50. The van der Waals surface area contributed by atoms with Crippen LogP contribution in [0.25, 0.3) is 0 Å². The lowest BCUT2D eigenvalue weighted by atomic mass is 10.2. The average molecular weight is 401 g/mol. The number of thiophene rings is 2. The zero-order valence-electron chi connectivity index (χ0n) is 8.68. The van der Waals surface area contributed by atoms with E-state index in [4.69, 9.17) is 11.6 Å². The van der Waals surface area contributed by atoms with Crippen molar-refractivity contribution in [3.8, 4) is 0 Å². The molecule has 0 fully saturated rings. The standard InChI is InChI=1S/C11H9Br2ClS2/c1-5-4-15-11(9(5)14)8(13)10-7(12)3-6(2)16-10/h3-4,8H,1-2H3. The van der Waals surface area contributed by atoms with Crippen LogP contribution in [0, 0.1) is 13.8 Å². The number of rotatable bonds is 2. The predicted octanol–water partition coefficient (Wildman–Crippen LogP) is 6.33. The summed E-state index contributed by atoms with van der Waals surface area (Å²) in [6.45, 7) is 4.15. The number of halogens is 3. The normalized spacial score (nSPS) is 13.1. The molecule has 0 saturated carbocycles. The van der Waals surface area contributed by atoms with Gasteiger partial charge >= 0.3 is 0 Å². The second kappa shape index (κ2) is 5.11. The van der Waals surface area contributed by atoms with Crippen LogP contribution in [-0.4, -0.2) is 0 Å². The van der Waals surface area contributed by atoms with Gasteiger partial charge in [0.05, 0.1) is 9.85 Å². The Kier molecular flexibility index (Phi) is 4.18. The van der Waals surface area contributed by atoms with Crippen molar-refractivity contribution in [1.82, 2.24) is 0 Å². The zero-order valence-corrected chi connectivity index (χ0v) is 14.2. The van der Waals surface area contributed by atoms with Crippen molar-refractivity contribution in [1.29, 1.82) is 0 Å². The summed E-state index contributed by atoms with van der Waals surface area (Å²) >= 11 is 17.1. The summed E-state index contributed by atoms with van der Waals surface area (Å²) in [5.41, 5.74) is 1.15. The monoisotopic (exact) mass is 398 g/mol. The maximum absolute atomic E-state index is 6.28. The van der Waals surface area contributed by atoms with E-state index in [9.17, 15) is 0 Å². The van der Waals surface area contributed by atoms with Gasteiger partial charge in [-0.15, -0.1) is 22.7 Å². The zero-order chi connectivity index (χ0) is 11.9. The van der Waals surface area contributed by atoms with Gasteiger partial charge in [0, 0.05) is 19.1 Å². The Labute approximate surface area is 125 Å². The van der Waals surface area contributed by atoms with Gasteiger partial charge in [0.15, 0.2) is 0 Å². The molecule has 2 rings (SSSR count). The largest absolute Gasteiger partial charge is 0.145 e. The lowest BCUT2D eigenvalue weighted by Crippen LogP contribution is -1.87. The van der Waals surface area contributed by atoms with Crippen molar-refractivity contribution >= 4 is 66.1 Å². The second-order valence-electron chi connectivity index (χ2n) is 3.53. The second-order valence-corrected chi connectivity index (χ2v) is 7.88. The minimum absolute atomic E-state index is 0.187. The van der Waals surface area contributed by atoms with Crippen molar-refractivity contribution in [3.05, 3.63) is 41.1 Å². The minimum Gasteiger partial charge on any atom is -0.145 e. The van der Waals surface area contributed by atoms with E-state index in [0.29, 0.717) is 0 Å². The van der Waals surface area contributed by atoms with Gasteiger partial charge in [0.1, 0.15) is 0 Å². The van der Waals surface area contributed by atoms with Gasteiger partial charge < -0.3 is 0 Å². The number of hydrogen-bond acceptors (Lipinski definition) is 2. The molecule has 2 aromatic rings. The first kappa shape index (κ1) is 13.1. The average Bonchev–Trinajstić information content (AvgIpc) is 2.71. The van der Waals surface area contributed by atoms with E-state index < -0.39 is 0 Å². The molecule has 0 nitrogen and oxygen atoms in total. The van der Waals surface area contributed by atoms with Crippen LogP contribution in [0.5, 0.6) is 0 Å². The number of alkyl halides is 1. The molecule has 0 bridgehead atoms. The molecule has 1 atom stereocenters. The van der Waals surface area contributed by atoms with Crippen molar-refractivity contribution in [3.63, 3.8) is 0 Å². The van der Waals surface area contributed by atoms with E-state index >= 15 is 0 Å². The Balaban J connectivity index is 2.42. The van der Waals surface area contributed by atoms with E-state index in [1.807, 2.05) is 6.92 Å². The Morgan fingerprint density at radius 2 is 2.00 bits per heavy atom. The first-order valence-corrected chi connectivity index (χ1v) is 8.42. The van der Waals surface area contributed by atoms with E-state index in [1.54, 1.807) is 22.7 Å². The van der Waals surface area contributed by atoms with Gasteiger partial charge in [-0.1, -0.05) is 27.5 Å². The van der Waals surface area contributed by atoms with Crippen molar-refractivity contribution in [2.24, 2.45) is 0 Å². The van der Waals surface area contributed by atoms with Gasteiger partial charge in [-0.2, -0.15) is 0 Å². The van der Waals surface area contributed by atoms with Crippen LogP contribution in [-0.2, 0) is 0 Å². The van der Waals surface area contributed by atoms with Crippen LogP contribution in [0.15, 0.2) is 15.9 Å². The highest BCUT2D eigenvalue weighted by atomic mass is 79.9. The Hall–Kier alpha value is 0.650. The topological polar surface area (TPSA) is 0 Å². The molecule has 0 saturated heterocycles. The van der Waals surface area contributed by atoms with E-state index in [-0.39, 0.29) is 4.83 Å². The molecule has 0 radical (unpaired) electrons. The molecule has 0 aliphatic rings. The van der Waals surface area contributed by atoms with E-state index in [2.05, 4.69) is 50.2 Å². The first-order valence-electron chi connectivity index (χ1n) is 4.64. The molecule has 16 heavy (non-hydrogen) atoms. The highest BCUT2D eigenvalue weighted by Crippen LogP contribution is 2.45. The fourth-order valence-corrected chi connectivity index (χ4v) is 6.16. The van der Waals surface area contributed by atoms with Crippen LogP contribution in [0.2, 0.25) is 5.02 Å². The van der Waals surface area contributed by atoms with Crippen LogP contribution in [0.4, 0.5) is 0 Å². The molecule has 0 spiro atoms. The fourth-order valence-electron chi connectivity index (χ4n) is 1.41. The highest BCUT2D eigenvalue weighted by molar-refractivity contribution is 9.11. The molecule has 0 amide bonds. The van der Waals surface area contributed by atoms with E-state index in [1.165, 1.54) is 14.6 Å². The van der Waals surface area contributed by atoms with Gasteiger partial charge in [0.2, 0.25) is 0 Å². The molecule has 0 aliphatic heterocycles. The molecule has 86 valence electrons. The van der Waals surface area contributed by atoms with Crippen molar-refractivity contribution in [2.45, 2.75) is 18.7 Å². The Bertz CT molecular complexity index is 514. The molecule has 0 N–H and O–H groups in total. The van der Waals surface area contributed by atoms with Gasteiger partial charge in [0.25, 0.3) is 0 Å². The maximum Gasteiger partial charge on any atom is 0.0857 e. The summed E-state index contributed by atoms with van der Waals surface area (Å²) < 4.78 is 1.15. The predicted molar refractivity (Wildman–Crippen MR) is 81.6 cm³/mol. The molecule has 0 aromatic carbocycles. The SMILES string of the molecule is Cc1cc(Br)c(C(Br)c2scc(C)c2Cl)s1. The van der Waals surface area contributed by atoms with Crippen LogP contribution in [0.1, 0.15) is 25.0 Å². The lowest BCUT2D eigenvalue weighted by Gasteiger charge is -2.07. The van der Waals surface area contributed by atoms with Crippen LogP contribution in [0.3, 0.4) is 0 Å². The molecule has 2 aromatic heterocycles. The third-order valence-corrected chi connectivity index (χ3v) is 7.56.